The Bertz CT molecular complexity index is 703. The molecule has 1 aromatic heterocycles. The van der Waals surface area contributed by atoms with Gasteiger partial charge in [-0.3, -0.25) is 4.55 Å². The first-order chi connectivity index (χ1) is 8.86. The van der Waals surface area contributed by atoms with Crippen LogP contribution in [0.2, 0.25) is 10.6 Å². The van der Waals surface area contributed by atoms with Gasteiger partial charge in [0, 0.05) is 0 Å². The summed E-state index contributed by atoms with van der Waals surface area (Å²) in [5.41, 5.74) is 0.0864. The quantitative estimate of drug-likeness (QED) is 0.835. The van der Waals surface area contributed by atoms with Crippen molar-refractivity contribution in [3.63, 3.8) is 0 Å². The van der Waals surface area contributed by atoms with Crippen LogP contribution in [0, 0.1) is 0 Å². The molecule has 0 amide bonds. The van der Waals surface area contributed by atoms with Gasteiger partial charge < -0.3 is 5.32 Å². The van der Waals surface area contributed by atoms with E-state index in [2.05, 4.69) is 20.3 Å². The molecule has 2 N–H and O–H groups in total. The molecule has 10 heteroatoms. The van der Waals surface area contributed by atoms with E-state index in [0.29, 0.717) is 0 Å². The molecule has 0 fully saturated rings. The molecule has 19 heavy (non-hydrogen) atoms. The van der Waals surface area contributed by atoms with Crippen LogP contribution in [0.15, 0.2) is 29.2 Å². The second-order valence-corrected chi connectivity index (χ2v) is 5.36. The topological polar surface area (TPSA) is 105 Å². The van der Waals surface area contributed by atoms with Gasteiger partial charge in [-0.15, -0.1) is 0 Å². The van der Waals surface area contributed by atoms with Crippen LogP contribution in [-0.2, 0) is 10.1 Å². The van der Waals surface area contributed by atoms with Gasteiger partial charge in [-0.2, -0.15) is 23.4 Å². The summed E-state index contributed by atoms with van der Waals surface area (Å²) in [5, 5.41) is 2.30. The maximum Gasteiger partial charge on any atom is 0.296 e. The molecular formula is C9H6Cl2N4O3S. The highest BCUT2D eigenvalue weighted by atomic mass is 35.5. The zero-order valence-electron chi connectivity index (χ0n) is 9.08. The fourth-order valence-corrected chi connectivity index (χ4v) is 2.31. The van der Waals surface area contributed by atoms with Crippen LogP contribution in [0.5, 0.6) is 0 Å². The van der Waals surface area contributed by atoms with Crippen LogP contribution in [0.25, 0.3) is 0 Å². The highest BCUT2D eigenvalue weighted by molar-refractivity contribution is 7.86. The summed E-state index contributed by atoms with van der Waals surface area (Å²) in [4.78, 5) is 10.7. The smallest absolute Gasteiger partial charge is 0.296 e. The molecule has 7 nitrogen and oxygen atoms in total. The van der Waals surface area contributed by atoms with E-state index in [1.807, 2.05) is 0 Å². The van der Waals surface area contributed by atoms with Crippen molar-refractivity contribution in [2.45, 2.75) is 4.90 Å². The van der Waals surface area contributed by atoms with E-state index in [9.17, 15) is 8.42 Å². The summed E-state index contributed by atoms with van der Waals surface area (Å²) in [6, 6.07) is 5.68. The molecule has 100 valence electrons. The number of rotatable bonds is 3. The van der Waals surface area contributed by atoms with E-state index in [1.165, 1.54) is 18.2 Å². The van der Waals surface area contributed by atoms with Crippen molar-refractivity contribution < 1.29 is 13.0 Å². The van der Waals surface area contributed by atoms with Crippen molar-refractivity contribution in [1.29, 1.82) is 0 Å². The third-order valence-electron chi connectivity index (χ3n) is 1.99. The fourth-order valence-electron chi connectivity index (χ4n) is 1.30. The van der Waals surface area contributed by atoms with Crippen molar-refractivity contribution in [3.8, 4) is 0 Å². The van der Waals surface area contributed by atoms with Crippen LogP contribution in [0.3, 0.4) is 0 Å². The van der Waals surface area contributed by atoms with Gasteiger partial charge >= 0.3 is 0 Å². The maximum atomic E-state index is 11.2. The monoisotopic (exact) mass is 320 g/mol. The second-order valence-electron chi connectivity index (χ2n) is 3.29. The van der Waals surface area contributed by atoms with E-state index >= 15 is 0 Å². The van der Waals surface area contributed by atoms with Gasteiger partial charge in [-0.1, -0.05) is 12.1 Å². The SMILES string of the molecule is O=S(=O)(O)c1ccccc1Nc1nc(Cl)nc(Cl)n1. The van der Waals surface area contributed by atoms with E-state index < -0.39 is 10.1 Å². The average molecular weight is 321 g/mol. The summed E-state index contributed by atoms with van der Waals surface area (Å²) >= 11 is 11.2. The van der Waals surface area contributed by atoms with Gasteiger partial charge in [0.1, 0.15) is 4.90 Å². The summed E-state index contributed by atoms with van der Waals surface area (Å²) in [7, 11) is -4.37. The number of para-hydroxylation sites is 1. The predicted octanol–water partition coefficient (Wildman–Crippen LogP) is 2.17. The van der Waals surface area contributed by atoms with Crippen molar-refractivity contribution in [3.05, 3.63) is 34.8 Å². The number of nitrogens with one attached hydrogen (secondary N) is 1. The van der Waals surface area contributed by atoms with Crippen molar-refractivity contribution in [2.75, 3.05) is 5.32 Å². The number of benzene rings is 1. The van der Waals surface area contributed by atoms with Crippen LogP contribution in [0.4, 0.5) is 11.6 Å². The zero-order chi connectivity index (χ0) is 14.0. The van der Waals surface area contributed by atoms with Gasteiger partial charge in [0.2, 0.25) is 16.5 Å². The van der Waals surface area contributed by atoms with Crippen LogP contribution >= 0.6 is 23.2 Å². The molecular weight excluding hydrogens is 315 g/mol. The first-order valence-corrected chi connectivity index (χ1v) is 6.96. The molecule has 0 radical (unpaired) electrons. The highest BCUT2D eigenvalue weighted by Crippen LogP contribution is 2.23. The third kappa shape index (κ3) is 3.51. The molecule has 2 aromatic rings. The molecule has 2 rings (SSSR count). The van der Waals surface area contributed by atoms with Crippen LogP contribution in [-0.4, -0.2) is 27.9 Å². The van der Waals surface area contributed by atoms with Crippen molar-refractivity contribution in [1.82, 2.24) is 15.0 Å². The Labute approximate surface area is 118 Å². The van der Waals surface area contributed by atoms with Gasteiger partial charge in [-0.25, -0.2) is 0 Å². The fraction of sp³-hybridized carbons (Fsp3) is 0. The van der Waals surface area contributed by atoms with Gasteiger partial charge in [-0.05, 0) is 35.3 Å². The molecule has 0 saturated carbocycles. The first kappa shape index (κ1) is 13.9. The Kier molecular flexibility index (Phi) is 3.85. The Balaban J connectivity index is 2.44. The van der Waals surface area contributed by atoms with E-state index in [0.717, 1.165) is 0 Å². The molecule has 1 heterocycles. The average Bonchev–Trinajstić information content (AvgIpc) is 2.26. The lowest BCUT2D eigenvalue weighted by Gasteiger charge is -2.08. The third-order valence-corrected chi connectivity index (χ3v) is 3.24. The minimum atomic E-state index is -4.37. The van der Waals surface area contributed by atoms with Crippen LogP contribution in [0.1, 0.15) is 0 Å². The lowest BCUT2D eigenvalue weighted by molar-refractivity contribution is 0.483. The molecule has 0 bridgehead atoms. The summed E-state index contributed by atoms with van der Waals surface area (Å²) in [6.07, 6.45) is 0. The highest BCUT2D eigenvalue weighted by Gasteiger charge is 2.15. The first-order valence-electron chi connectivity index (χ1n) is 4.77. The lowest BCUT2D eigenvalue weighted by Crippen LogP contribution is -2.05. The Morgan fingerprint density at radius 1 is 1.05 bits per heavy atom. The number of hydrogen-bond acceptors (Lipinski definition) is 6. The number of nitrogens with zero attached hydrogens (tertiary/aromatic N) is 3. The molecule has 0 saturated heterocycles. The Morgan fingerprint density at radius 3 is 2.21 bits per heavy atom. The largest absolute Gasteiger partial charge is 0.323 e. The molecule has 0 unspecified atom stereocenters. The van der Waals surface area contributed by atoms with Crippen LogP contribution < -0.4 is 5.32 Å². The van der Waals surface area contributed by atoms with E-state index in [4.69, 9.17) is 27.8 Å². The zero-order valence-corrected chi connectivity index (χ0v) is 11.4. The molecule has 0 aliphatic heterocycles. The summed E-state index contributed by atoms with van der Waals surface area (Å²) in [6.45, 7) is 0. The minimum absolute atomic E-state index is 0.0406. The van der Waals surface area contributed by atoms with Gasteiger partial charge in [0.25, 0.3) is 10.1 Å². The summed E-state index contributed by atoms with van der Waals surface area (Å²) in [5.74, 6) is -0.0406. The van der Waals surface area contributed by atoms with Gasteiger partial charge in [0.05, 0.1) is 5.69 Å². The molecule has 1 aromatic carbocycles. The second kappa shape index (κ2) is 5.25. The van der Waals surface area contributed by atoms with Gasteiger partial charge in [0.15, 0.2) is 0 Å². The summed E-state index contributed by atoms with van der Waals surface area (Å²) < 4.78 is 31.5. The number of halogens is 2. The molecule has 0 atom stereocenters. The minimum Gasteiger partial charge on any atom is -0.323 e. The number of hydrogen-bond donors (Lipinski definition) is 2. The normalized spacial score (nSPS) is 11.3. The molecule has 0 aliphatic rings. The number of anilines is 2. The van der Waals surface area contributed by atoms with Crippen molar-refractivity contribution in [2.24, 2.45) is 0 Å². The Morgan fingerprint density at radius 2 is 1.63 bits per heavy atom. The Hall–Kier alpha value is -1.48. The maximum absolute atomic E-state index is 11.2. The predicted molar refractivity (Wildman–Crippen MR) is 69.4 cm³/mol. The lowest BCUT2D eigenvalue weighted by atomic mass is 10.3. The standard InChI is InChI=1S/C9H6Cl2N4O3S/c10-7-13-8(11)15-9(14-7)12-5-3-1-2-4-6(5)19(16,17)18/h1-4H,(H,16,17,18)(H,12,13,14,15). The number of aromatic nitrogens is 3. The van der Waals surface area contributed by atoms with Crippen molar-refractivity contribution >= 4 is 45.0 Å². The molecule has 0 aliphatic carbocycles. The van der Waals surface area contributed by atoms with E-state index in [-0.39, 0.29) is 27.1 Å². The van der Waals surface area contributed by atoms with E-state index in [1.54, 1.807) is 6.07 Å². The molecule has 0 spiro atoms.